The van der Waals surface area contributed by atoms with Crippen LogP contribution in [0.1, 0.15) is 45.2 Å². The highest BCUT2D eigenvalue weighted by atomic mass is 79.9. The van der Waals surface area contributed by atoms with Crippen LogP contribution in [0.15, 0.2) is 22.7 Å². The number of alkyl carbamates (subject to hydrolysis) is 1. The van der Waals surface area contributed by atoms with Crippen LogP contribution in [-0.4, -0.2) is 18.3 Å². The average Bonchev–Trinajstić information content (AvgIpc) is 2.49. The van der Waals surface area contributed by atoms with E-state index in [0.29, 0.717) is 6.61 Å². The zero-order valence-electron chi connectivity index (χ0n) is 12.0. The lowest BCUT2D eigenvalue weighted by molar-refractivity contribution is 0.0501. The molecule has 2 rings (SSSR count). The van der Waals surface area contributed by atoms with Crippen LogP contribution in [-0.2, 0) is 4.74 Å². The van der Waals surface area contributed by atoms with Gasteiger partial charge in [-0.1, -0.05) is 15.9 Å². The number of hydrogen-bond donors (Lipinski definition) is 1. The number of nitrogens with one attached hydrogen (secondary N) is 1. The van der Waals surface area contributed by atoms with Crippen molar-refractivity contribution in [1.82, 2.24) is 5.32 Å². The van der Waals surface area contributed by atoms with Crippen LogP contribution in [0.5, 0.6) is 5.75 Å². The molecule has 5 heteroatoms. The Morgan fingerprint density at radius 1 is 1.45 bits per heavy atom. The first-order valence-electron chi connectivity index (χ1n) is 6.77. The van der Waals surface area contributed by atoms with Crippen molar-refractivity contribution < 1.29 is 14.3 Å². The minimum atomic E-state index is -0.495. The van der Waals surface area contributed by atoms with Crippen molar-refractivity contribution in [2.45, 2.75) is 45.3 Å². The fourth-order valence-electron chi connectivity index (χ4n) is 2.15. The van der Waals surface area contributed by atoms with Crippen molar-refractivity contribution in [3.63, 3.8) is 0 Å². The van der Waals surface area contributed by atoms with E-state index in [0.717, 1.165) is 28.6 Å². The Kier molecular flexibility index (Phi) is 4.58. The molecule has 0 bridgehead atoms. The van der Waals surface area contributed by atoms with Crippen LogP contribution in [0.3, 0.4) is 0 Å². The normalized spacial score (nSPS) is 18.5. The van der Waals surface area contributed by atoms with Gasteiger partial charge in [-0.05, 0) is 51.8 Å². The zero-order chi connectivity index (χ0) is 14.8. The van der Waals surface area contributed by atoms with Gasteiger partial charge in [0.1, 0.15) is 11.4 Å². The molecule has 0 aromatic heterocycles. The smallest absolute Gasteiger partial charge is 0.408 e. The summed E-state index contributed by atoms with van der Waals surface area (Å²) in [6.45, 7) is 6.23. The third kappa shape index (κ3) is 4.13. The van der Waals surface area contributed by atoms with Gasteiger partial charge < -0.3 is 14.8 Å². The second-order valence-corrected chi connectivity index (χ2v) is 6.79. The largest absolute Gasteiger partial charge is 0.493 e. The Bertz CT molecular complexity index is 496. The molecule has 20 heavy (non-hydrogen) atoms. The van der Waals surface area contributed by atoms with Gasteiger partial charge in [-0.15, -0.1) is 0 Å². The summed E-state index contributed by atoms with van der Waals surface area (Å²) in [4.78, 5) is 11.9. The Morgan fingerprint density at radius 3 is 2.90 bits per heavy atom. The van der Waals surface area contributed by atoms with E-state index in [1.54, 1.807) is 0 Å². The predicted molar refractivity (Wildman–Crippen MR) is 81.0 cm³/mol. The van der Waals surface area contributed by atoms with Crippen molar-refractivity contribution >= 4 is 22.0 Å². The Hall–Kier alpha value is -1.23. The minimum absolute atomic E-state index is 0.0835. The van der Waals surface area contributed by atoms with Crippen molar-refractivity contribution in [2.75, 3.05) is 6.61 Å². The monoisotopic (exact) mass is 341 g/mol. The second kappa shape index (κ2) is 6.04. The molecule has 1 aliphatic rings. The molecule has 1 unspecified atom stereocenters. The summed E-state index contributed by atoms with van der Waals surface area (Å²) in [5, 5.41) is 2.94. The van der Waals surface area contributed by atoms with Gasteiger partial charge >= 0.3 is 6.09 Å². The summed E-state index contributed by atoms with van der Waals surface area (Å²) >= 11 is 3.46. The van der Waals surface area contributed by atoms with Gasteiger partial charge in [-0.3, -0.25) is 0 Å². The van der Waals surface area contributed by atoms with Gasteiger partial charge in [0.15, 0.2) is 0 Å². The third-order valence-corrected chi connectivity index (χ3v) is 3.43. The second-order valence-electron chi connectivity index (χ2n) is 5.87. The van der Waals surface area contributed by atoms with Gasteiger partial charge in [0.2, 0.25) is 0 Å². The van der Waals surface area contributed by atoms with Crippen LogP contribution < -0.4 is 10.1 Å². The molecule has 0 saturated heterocycles. The van der Waals surface area contributed by atoms with Crippen LogP contribution in [0, 0.1) is 0 Å². The molecule has 0 aliphatic carbocycles. The summed E-state index contributed by atoms with van der Waals surface area (Å²) in [5.41, 5.74) is 0.494. The van der Waals surface area contributed by atoms with Gasteiger partial charge in [0.05, 0.1) is 12.6 Å². The SMILES string of the molecule is CC(C)(C)OC(=O)NC1CCCOc2ccc(Br)cc21. The van der Waals surface area contributed by atoms with Crippen LogP contribution >= 0.6 is 15.9 Å². The van der Waals surface area contributed by atoms with E-state index in [2.05, 4.69) is 21.2 Å². The average molecular weight is 342 g/mol. The van der Waals surface area contributed by atoms with E-state index in [1.165, 1.54) is 0 Å². The third-order valence-electron chi connectivity index (χ3n) is 2.93. The molecular formula is C15H20BrNO3. The van der Waals surface area contributed by atoms with Crippen molar-refractivity contribution in [3.05, 3.63) is 28.2 Å². The molecule has 0 saturated carbocycles. The maximum atomic E-state index is 11.9. The number of rotatable bonds is 1. The molecule has 1 aromatic carbocycles. The van der Waals surface area contributed by atoms with Crippen LogP contribution in [0.25, 0.3) is 0 Å². The number of ether oxygens (including phenoxy) is 2. The number of hydrogen-bond acceptors (Lipinski definition) is 3. The molecule has 1 N–H and O–H groups in total. The first-order valence-corrected chi connectivity index (χ1v) is 7.56. The van der Waals surface area contributed by atoms with E-state index >= 15 is 0 Å². The number of amides is 1. The molecule has 0 fully saturated rings. The summed E-state index contributed by atoms with van der Waals surface area (Å²) in [6, 6.07) is 5.77. The van der Waals surface area contributed by atoms with Crippen molar-refractivity contribution in [3.8, 4) is 5.75 Å². The topological polar surface area (TPSA) is 47.6 Å². The number of benzene rings is 1. The minimum Gasteiger partial charge on any atom is -0.493 e. The summed E-state index contributed by atoms with van der Waals surface area (Å²) in [5.74, 6) is 0.826. The molecule has 0 radical (unpaired) electrons. The lowest BCUT2D eigenvalue weighted by Crippen LogP contribution is -2.34. The number of carbonyl (C=O) groups is 1. The van der Waals surface area contributed by atoms with Crippen LogP contribution in [0.2, 0.25) is 0 Å². The molecule has 1 aliphatic heterocycles. The van der Waals surface area contributed by atoms with E-state index in [4.69, 9.17) is 9.47 Å². The first-order chi connectivity index (χ1) is 9.35. The summed E-state index contributed by atoms with van der Waals surface area (Å²) in [7, 11) is 0. The molecule has 4 nitrogen and oxygen atoms in total. The maximum absolute atomic E-state index is 11.9. The van der Waals surface area contributed by atoms with E-state index in [1.807, 2.05) is 39.0 Å². The van der Waals surface area contributed by atoms with Gasteiger partial charge in [0.25, 0.3) is 0 Å². The van der Waals surface area contributed by atoms with E-state index in [9.17, 15) is 4.79 Å². The highest BCUT2D eigenvalue weighted by Crippen LogP contribution is 2.33. The molecule has 1 amide bonds. The van der Waals surface area contributed by atoms with Crippen LogP contribution in [0.4, 0.5) is 4.79 Å². The predicted octanol–water partition coefficient (Wildman–Crippen LogP) is 4.19. The molecule has 110 valence electrons. The van der Waals surface area contributed by atoms with Gasteiger partial charge in [-0.25, -0.2) is 4.79 Å². The lowest BCUT2D eigenvalue weighted by Gasteiger charge is -2.23. The number of carbonyl (C=O) groups excluding carboxylic acids is 1. The number of halogens is 1. The summed E-state index contributed by atoms with van der Waals surface area (Å²) in [6.07, 6.45) is 1.34. The Balaban J connectivity index is 2.16. The zero-order valence-corrected chi connectivity index (χ0v) is 13.6. The Labute approximate surface area is 128 Å². The molecular weight excluding hydrogens is 322 g/mol. The van der Waals surface area contributed by atoms with E-state index < -0.39 is 11.7 Å². The standard InChI is InChI=1S/C15H20BrNO3/c1-15(2,3)20-14(18)17-12-5-4-8-19-13-7-6-10(16)9-11(12)13/h6-7,9,12H,4-5,8H2,1-3H3,(H,17,18). The van der Waals surface area contributed by atoms with Gasteiger partial charge in [-0.2, -0.15) is 0 Å². The molecule has 1 aromatic rings. The lowest BCUT2D eigenvalue weighted by atomic mass is 10.0. The quantitative estimate of drug-likeness (QED) is 0.833. The summed E-state index contributed by atoms with van der Waals surface area (Å²) < 4.78 is 12.0. The number of fused-ring (bicyclic) bond motifs is 1. The molecule has 1 atom stereocenters. The Morgan fingerprint density at radius 2 is 2.20 bits per heavy atom. The van der Waals surface area contributed by atoms with Crippen molar-refractivity contribution in [2.24, 2.45) is 0 Å². The fourth-order valence-corrected chi connectivity index (χ4v) is 2.53. The maximum Gasteiger partial charge on any atom is 0.408 e. The van der Waals surface area contributed by atoms with Gasteiger partial charge in [0, 0.05) is 10.0 Å². The first kappa shape index (κ1) is 15.2. The fraction of sp³-hybridized carbons (Fsp3) is 0.533. The van der Waals surface area contributed by atoms with E-state index in [-0.39, 0.29) is 6.04 Å². The molecule has 0 spiro atoms. The van der Waals surface area contributed by atoms with Crippen molar-refractivity contribution in [1.29, 1.82) is 0 Å². The highest BCUT2D eigenvalue weighted by Gasteiger charge is 2.24. The molecule has 1 heterocycles. The highest BCUT2D eigenvalue weighted by molar-refractivity contribution is 9.10.